The number of nitrogen functional groups attached to an aromatic ring is 1. The van der Waals surface area contributed by atoms with Crippen LogP contribution in [-0.4, -0.2) is 13.1 Å². The molecule has 0 bridgehead atoms. The Labute approximate surface area is 131 Å². The van der Waals surface area contributed by atoms with Gasteiger partial charge in [-0.05, 0) is 54.0 Å². The summed E-state index contributed by atoms with van der Waals surface area (Å²) < 4.78 is 4.86. The number of hydrogen-bond donors (Lipinski definition) is 1. The first-order valence-electron chi connectivity index (χ1n) is 7.71. The second kappa shape index (κ2) is 6.22. The Kier molecular flexibility index (Phi) is 4.14. The molecule has 0 amide bonds. The summed E-state index contributed by atoms with van der Waals surface area (Å²) in [5.41, 5.74) is 10.2. The number of hydrogen-bond acceptors (Lipinski definition) is 3. The zero-order valence-corrected chi connectivity index (χ0v) is 12.8. The molecule has 22 heavy (non-hydrogen) atoms. The number of ether oxygens (including phenoxy) is 1. The van der Waals surface area contributed by atoms with Crippen LogP contribution in [-0.2, 0) is 9.53 Å². The van der Waals surface area contributed by atoms with Gasteiger partial charge < -0.3 is 10.5 Å². The minimum atomic E-state index is -0.0685. The van der Waals surface area contributed by atoms with Crippen LogP contribution in [0, 0.1) is 5.92 Å². The Morgan fingerprint density at radius 2 is 1.59 bits per heavy atom. The highest BCUT2D eigenvalue weighted by Gasteiger charge is 2.31. The van der Waals surface area contributed by atoms with Crippen LogP contribution in [0.3, 0.4) is 0 Å². The fourth-order valence-corrected chi connectivity index (χ4v) is 3.29. The van der Waals surface area contributed by atoms with Crippen LogP contribution >= 0.6 is 0 Å². The quantitative estimate of drug-likeness (QED) is 0.688. The molecular formula is C19H21NO2. The first-order valence-corrected chi connectivity index (χ1v) is 7.71. The van der Waals surface area contributed by atoms with E-state index in [0.717, 1.165) is 24.9 Å². The maximum Gasteiger partial charge on any atom is 0.308 e. The van der Waals surface area contributed by atoms with Crippen molar-refractivity contribution in [2.75, 3.05) is 12.8 Å². The van der Waals surface area contributed by atoms with E-state index in [2.05, 4.69) is 24.3 Å². The van der Waals surface area contributed by atoms with Crippen LogP contribution in [0.15, 0.2) is 48.5 Å². The van der Waals surface area contributed by atoms with Gasteiger partial charge in [-0.3, -0.25) is 4.79 Å². The summed E-state index contributed by atoms with van der Waals surface area (Å²) in [6.07, 6.45) is 2.88. The topological polar surface area (TPSA) is 52.3 Å². The summed E-state index contributed by atoms with van der Waals surface area (Å²) in [6.45, 7) is 0. The number of nitrogens with two attached hydrogens (primary N) is 1. The number of rotatable bonds is 3. The molecule has 2 unspecified atom stereocenters. The van der Waals surface area contributed by atoms with Crippen molar-refractivity contribution in [2.45, 2.75) is 25.2 Å². The van der Waals surface area contributed by atoms with Gasteiger partial charge >= 0.3 is 5.97 Å². The van der Waals surface area contributed by atoms with Crippen LogP contribution < -0.4 is 5.73 Å². The lowest BCUT2D eigenvalue weighted by atomic mass is 9.94. The van der Waals surface area contributed by atoms with E-state index in [1.165, 1.54) is 23.8 Å². The fourth-order valence-electron chi connectivity index (χ4n) is 3.29. The van der Waals surface area contributed by atoms with Crippen LogP contribution in [0.4, 0.5) is 5.69 Å². The number of methoxy groups -OCH3 is 1. The predicted octanol–water partition coefficient (Wildman–Crippen LogP) is 3.99. The first-order chi connectivity index (χ1) is 10.7. The molecule has 3 heteroatoms. The smallest absolute Gasteiger partial charge is 0.308 e. The molecule has 3 nitrogen and oxygen atoms in total. The van der Waals surface area contributed by atoms with Crippen molar-refractivity contribution in [1.29, 1.82) is 0 Å². The third kappa shape index (κ3) is 2.98. The van der Waals surface area contributed by atoms with Crippen molar-refractivity contribution in [2.24, 2.45) is 5.92 Å². The lowest BCUT2D eigenvalue weighted by molar-refractivity contribution is -0.145. The molecule has 2 aromatic carbocycles. The van der Waals surface area contributed by atoms with E-state index in [1.54, 1.807) is 0 Å². The molecule has 1 aliphatic carbocycles. The average molecular weight is 295 g/mol. The number of benzene rings is 2. The van der Waals surface area contributed by atoms with Gasteiger partial charge in [0.15, 0.2) is 0 Å². The van der Waals surface area contributed by atoms with E-state index < -0.39 is 0 Å². The van der Waals surface area contributed by atoms with Gasteiger partial charge in [-0.15, -0.1) is 0 Å². The number of esters is 1. The van der Waals surface area contributed by atoms with Crippen molar-refractivity contribution < 1.29 is 9.53 Å². The Morgan fingerprint density at radius 3 is 2.18 bits per heavy atom. The fraction of sp³-hybridized carbons (Fsp3) is 0.316. The van der Waals surface area contributed by atoms with Crippen LogP contribution in [0.5, 0.6) is 0 Å². The molecule has 0 aliphatic heterocycles. The average Bonchev–Trinajstić information content (AvgIpc) is 3.05. The summed E-state index contributed by atoms with van der Waals surface area (Å²) in [4.78, 5) is 11.6. The zero-order valence-electron chi connectivity index (χ0n) is 12.8. The van der Waals surface area contributed by atoms with Gasteiger partial charge in [0.2, 0.25) is 0 Å². The van der Waals surface area contributed by atoms with Gasteiger partial charge in [0.1, 0.15) is 0 Å². The minimum absolute atomic E-state index is 0.0618. The lowest BCUT2D eigenvalue weighted by Crippen LogP contribution is -2.12. The highest BCUT2D eigenvalue weighted by atomic mass is 16.5. The van der Waals surface area contributed by atoms with Gasteiger partial charge in [-0.25, -0.2) is 0 Å². The molecule has 0 saturated heterocycles. The lowest BCUT2D eigenvalue weighted by Gasteiger charge is -2.12. The van der Waals surface area contributed by atoms with Crippen molar-refractivity contribution >= 4 is 11.7 Å². The van der Waals surface area contributed by atoms with Gasteiger partial charge in [0, 0.05) is 5.69 Å². The normalized spacial score (nSPS) is 20.8. The maximum atomic E-state index is 11.6. The highest BCUT2D eigenvalue weighted by molar-refractivity contribution is 5.73. The molecule has 1 saturated carbocycles. The van der Waals surface area contributed by atoms with Gasteiger partial charge in [-0.1, -0.05) is 36.4 Å². The van der Waals surface area contributed by atoms with Crippen LogP contribution in [0.1, 0.15) is 30.7 Å². The largest absolute Gasteiger partial charge is 0.469 e. The standard InChI is InChI=1S/C19H21NO2/c1-22-19(21)17-7-6-16(12-17)15-4-2-13(3-5-15)14-8-10-18(20)11-9-14/h2-5,8-11,16-17H,6-7,12,20H2,1H3. The van der Waals surface area contributed by atoms with Crippen molar-refractivity contribution in [3.8, 4) is 11.1 Å². The van der Waals surface area contributed by atoms with E-state index in [1.807, 2.05) is 24.3 Å². The molecule has 2 atom stereocenters. The van der Waals surface area contributed by atoms with Gasteiger partial charge in [0.25, 0.3) is 0 Å². The van der Waals surface area contributed by atoms with Gasteiger partial charge in [0.05, 0.1) is 13.0 Å². The monoisotopic (exact) mass is 295 g/mol. The summed E-state index contributed by atoms with van der Waals surface area (Å²) in [5.74, 6) is 0.456. The zero-order chi connectivity index (χ0) is 15.5. The molecule has 0 spiro atoms. The molecule has 114 valence electrons. The summed E-state index contributed by atoms with van der Waals surface area (Å²) in [6, 6.07) is 16.5. The van der Waals surface area contributed by atoms with E-state index >= 15 is 0 Å². The number of carbonyl (C=O) groups is 1. The summed E-state index contributed by atoms with van der Waals surface area (Å²) >= 11 is 0. The van der Waals surface area contributed by atoms with Crippen LogP contribution in [0.25, 0.3) is 11.1 Å². The van der Waals surface area contributed by atoms with E-state index in [0.29, 0.717) is 5.92 Å². The minimum Gasteiger partial charge on any atom is -0.469 e. The second-order valence-electron chi connectivity index (χ2n) is 5.97. The molecule has 0 heterocycles. The highest BCUT2D eigenvalue weighted by Crippen LogP contribution is 2.39. The third-order valence-corrected chi connectivity index (χ3v) is 4.59. The summed E-state index contributed by atoms with van der Waals surface area (Å²) in [5, 5.41) is 0. The Bertz CT molecular complexity index is 646. The third-order valence-electron chi connectivity index (χ3n) is 4.59. The molecule has 2 aromatic rings. The molecule has 1 aliphatic rings. The van der Waals surface area contributed by atoms with E-state index in [4.69, 9.17) is 10.5 Å². The molecule has 2 N–H and O–H groups in total. The number of carbonyl (C=O) groups excluding carboxylic acids is 1. The van der Waals surface area contributed by atoms with Crippen molar-refractivity contribution in [3.05, 3.63) is 54.1 Å². The molecular weight excluding hydrogens is 274 g/mol. The second-order valence-corrected chi connectivity index (χ2v) is 5.97. The SMILES string of the molecule is COC(=O)C1CCC(c2ccc(-c3ccc(N)cc3)cc2)C1. The predicted molar refractivity (Wildman–Crippen MR) is 88.4 cm³/mol. The van der Waals surface area contributed by atoms with Gasteiger partial charge in [-0.2, -0.15) is 0 Å². The Balaban J connectivity index is 1.72. The Hall–Kier alpha value is -2.29. The van der Waals surface area contributed by atoms with E-state index in [9.17, 15) is 4.79 Å². The van der Waals surface area contributed by atoms with Crippen molar-refractivity contribution in [3.63, 3.8) is 0 Å². The number of anilines is 1. The summed E-state index contributed by atoms with van der Waals surface area (Å²) in [7, 11) is 1.47. The van der Waals surface area contributed by atoms with E-state index in [-0.39, 0.29) is 11.9 Å². The molecule has 0 radical (unpaired) electrons. The molecule has 0 aromatic heterocycles. The maximum absolute atomic E-state index is 11.6. The Morgan fingerprint density at radius 1 is 1.00 bits per heavy atom. The molecule has 1 fully saturated rings. The van der Waals surface area contributed by atoms with Crippen molar-refractivity contribution in [1.82, 2.24) is 0 Å². The molecule has 3 rings (SSSR count). The van der Waals surface area contributed by atoms with Crippen LogP contribution in [0.2, 0.25) is 0 Å². The first kappa shape index (κ1) is 14.6.